The minimum atomic E-state index is -0.613. The summed E-state index contributed by atoms with van der Waals surface area (Å²) in [5, 5.41) is 4.93. The molecule has 1 aromatic carbocycles. The van der Waals surface area contributed by atoms with Gasteiger partial charge in [-0.3, -0.25) is 9.59 Å². The van der Waals surface area contributed by atoms with Crippen LogP contribution in [0.15, 0.2) is 57.1 Å². The number of thiophene rings is 1. The van der Waals surface area contributed by atoms with Crippen molar-refractivity contribution in [2.24, 2.45) is 0 Å². The van der Waals surface area contributed by atoms with Crippen LogP contribution in [-0.4, -0.2) is 16.7 Å². The lowest BCUT2D eigenvalue weighted by atomic mass is 10.1. The molecule has 1 unspecified atom stereocenters. The Labute approximate surface area is 153 Å². The first kappa shape index (κ1) is 17.8. The molecule has 1 amide bonds. The van der Waals surface area contributed by atoms with Gasteiger partial charge in [0.15, 0.2) is 5.78 Å². The lowest BCUT2D eigenvalue weighted by Gasteiger charge is -2.10. The monoisotopic (exact) mass is 368 g/mol. The van der Waals surface area contributed by atoms with E-state index in [0.717, 1.165) is 11.6 Å². The van der Waals surface area contributed by atoms with Crippen LogP contribution in [0.3, 0.4) is 0 Å². The molecule has 6 nitrogen and oxygen atoms in total. The Morgan fingerprint density at radius 3 is 2.69 bits per heavy atom. The van der Waals surface area contributed by atoms with Gasteiger partial charge in [-0.25, -0.2) is 9.78 Å². The van der Waals surface area contributed by atoms with Gasteiger partial charge in [-0.2, -0.15) is 0 Å². The average Bonchev–Trinajstić information content (AvgIpc) is 3.02. The number of amides is 1. The molecule has 0 aliphatic rings. The number of hydrogen-bond donors (Lipinski definition) is 1. The van der Waals surface area contributed by atoms with E-state index in [4.69, 9.17) is 4.42 Å². The Morgan fingerprint density at radius 1 is 1.23 bits per heavy atom. The van der Waals surface area contributed by atoms with Gasteiger partial charge in [-0.1, -0.05) is 30.3 Å². The molecule has 26 heavy (non-hydrogen) atoms. The second kappa shape index (κ2) is 7.45. The normalized spacial score (nSPS) is 12.4. The largest absolute Gasteiger partial charge is 0.406 e. The predicted molar refractivity (Wildman–Crippen MR) is 99.4 cm³/mol. The number of carbonyl (C=O) groups is 2. The summed E-state index contributed by atoms with van der Waals surface area (Å²) in [7, 11) is 0. The molecule has 3 aromatic rings. The van der Waals surface area contributed by atoms with Crippen molar-refractivity contribution in [3.63, 3.8) is 0 Å². The highest BCUT2D eigenvalue weighted by atomic mass is 32.1. The highest BCUT2D eigenvalue weighted by Gasteiger charge is 2.16. The van der Waals surface area contributed by atoms with Crippen molar-refractivity contribution in [1.82, 2.24) is 10.3 Å². The number of aromatic nitrogens is 1. The van der Waals surface area contributed by atoms with Gasteiger partial charge in [0, 0.05) is 11.6 Å². The number of allylic oxidation sites excluding steroid dienone is 1. The van der Waals surface area contributed by atoms with Crippen LogP contribution < -0.4 is 10.9 Å². The fraction of sp³-hybridized carbons (Fsp3) is 0.158. The second-order valence-corrected chi connectivity index (χ2v) is 6.59. The van der Waals surface area contributed by atoms with E-state index in [1.165, 1.54) is 17.4 Å². The van der Waals surface area contributed by atoms with Crippen molar-refractivity contribution >= 4 is 33.2 Å². The maximum atomic E-state index is 12.1. The molecule has 0 saturated heterocycles. The van der Waals surface area contributed by atoms with Crippen LogP contribution in [0.5, 0.6) is 0 Å². The molecule has 0 aliphatic carbocycles. The molecular formula is C19H16N2O4S. The Bertz CT molecular complexity index is 1050. The molecule has 1 atom stereocenters. The molecule has 7 heteroatoms. The number of nitrogens with zero attached hydrogens (tertiary/aromatic N) is 1. The summed E-state index contributed by atoms with van der Waals surface area (Å²) in [5.74, 6) is -0.622. The summed E-state index contributed by atoms with van der Waals surface area (Å²) >= 11 is 1.35. The third kappa shape index (κ3) is 3.78. The molecule has 0 bridgehead atoms. The van der Waals surface area contributed by atoms with Gasteiger partial charge in [-0.15, -0.1) is 11.3 Å². The van der Waals surface area contributed by atoms with Crippen molar-refractivity contribution in [1.29, 1.82) is 0 Å². The molecule has 0 radical (unpaired) electrons. The number of aryl methyl sites for hydroxylation is 1. The summed E-state index contributed by atoms with van der Waals surface area (Å²) in [6, 6.07) is 8.03. The van der Waals surface area contributed by atoms with Crippen molar-refractivity contribution < 1.29 is 14.0 Å². The maximum absolute atomic E-state index is 12.1. The van der Waals surface area contributed by atoms with Gasteiger partial charge < -0.3 is 9.73 Å². The van der Waals surface area contributed by atoms with Gasteiger partial charge in [0.05, 0.1) is 5.39 Å². The SMILES string of the molecule is Cc1csc2nc(C(C)NC(=O)/C=C/C(=O)c3ccccc3)oc(=O)c12. The van der Waals surface area contributed by atoms with Crippen LogP contribution in [0.2, 0.25) is 0 Å². The van der Waals surface area contributed by atoms with Crippen molar-refractivity contribution in [2.45, 2.75) is 19.9 Å². The molecule has 0 saturated carbocycles. The first-order chi connectivity index (χ1) is 12.5. The molecule has 3 rings (SSSR count). The lowest BCUT2D eigenvalue weighted by Crippen LogP contribution is -2.26. The summed E-state index contributed by atoms with van der Waals surface area (Å²) in [6.07, 6.45) is 2.35. The summed E-state index contributed by atoms with van der Waals surface area (Å²) < 4.78 is 5.22. The Balaban J connectivity index is 1.70. The Kier molecular flexibility index (Phi) is 5.09. The Hall–Kier alpha value is -3.06. The van der Waals surface area contributed by atoms with Gasteiger partial charge in [0.1, 0.15) is 10.9 Å². The quantitative estimate of drug-likeness (QED) is 0.552. The van der Waals surface area contributed by atoms with Crippen molar-refractivity contribution in [2.75, 3.05) is 0 Å². The third-order valence-electron chi connectivity index (χ3n) is 3.74. The van der Waals surface area contributed by atoms with E-state index >= 15 is 0 Å². The maximum Gasteiger partial charge on any atom is 0.348 e. The van der Waals surface area contributed by atoms with Crippen LogP contribution in [0.1, 0.15) is 34.8 Å². The highest BCUT2D eigenvalue weighted by molar-refractivity contribution is 7.16. The fourth-order valence-electron chi connectivity index (χ4n) is 2.39. The number of nitrogens with one attached hydrogen (secondary N) is 1. The number of fused-ring (bicyclic) bond motifs is 1. The predicted octanol–water partition coefficient (Wildman–Crippen LogP) is 3.17. The molecule has 0 fully saturated rings. The van der Waals surface area contributed by atoms with Gasteiger partial charge in [0.2, 0.25) is 11.8 Å². The standard InChI is InChI=1S/C19H16N2O4S/c1-11-10-26-18-16(11)19(24)25-17(21-18)12(2)20-15(23)9-8-14(22)13-6-4-3-5-7-13/h3-10,12H,1-2H3,(H,20,23)/b9-8+. The van der Waals surface area contributed by atoms with Gasteiger partial charge in [-0.05, 0) is 30.9 Å². The van der Waals surface area contributed by atoms with Gasteiger partial charge in [0.25, 0.3) is 0 Å². The minimum Gasteiger partial charge on any atom is -0.406 e. The third-order valence-corrected chi connectivity index (χ3v) is 4.73. The molecule has 2 heterocycles. The van der Waals surface area contributed by atoms with Gasteiger partial charge >= 0.3 is 5.63 Å². The van der Waals surface area contributed by atoms with Crippen LogP contribution in [0.25, 0.3) is 10.2 Å². The summed E-state index contributed by atoms with van der Waals surface area (Å²) in [5.41, 5.74) is 0.840. The summed E-state index contributed by atoms with van der Waals surface area (Å²) in [4.78, 5) is 40.9. The molecule has 132 valence electrons. The zero-order chi connectivity index (χ0) is 18.7. The molecule has 0 aliphatic heterocycles. The first-order valence-corrected chi connectivity index (χ1v) is 8.80. The van der Waals surface area contributed by atoms with E-state index < -0.39 is 17.6 Å². The molecule has 1 N–H and O–H groups in total. The Morgan fingerprint density at radius 2 is 1.96 bits per heavy atom. The summed E-state index contributed by atoms with van der Waals surface area (Å²) in [6.45, 7) is 3.47. The molecule has 2 aromatic heterocycles. The van der Waals surface area contributed by atoms with Crippen LogP contribution >= 0.6 is 11.3 Å². The molecule has 0 spiro atoms. The van der Waals surface area contributed by atoms with E-state index in [-0.39, 0.29) is 11.7 Å². The van der Waals surface area contributed by atoms with E-state index in [9.17, 15) is 14.4 Å². The van der Waals surface area contributed by atoms with Crippen molar-refractivity contribution in [3.05, 3.63) is 75.3 Å². The zero-order valence-corrected chi connectivity index (χ0v) is 15.0. The number of ketones is 1. The highest BCUT2D eigenvalue weighted by Crippen LogP contribution is 2.22. The number of benzene rings is 1. The second-order valence-electron chi connectivity index (χ2n) is 5.73. The van der Waals surface area contributed by atoms with Crippen LogP contribution in [0.4, 0.5) is 0 Å². The smallest absolute Gasteiger partial charge is 0.348 e. The number of rotatable bonds is 5. The van der Waals surface area contributed by atoms with Crippen LogP contribution in [0, 0.1) is 6.92 Å². The van der Waals surface area contributed by atoms with Crippen LogP contribution in [-0.2, 0) is 4.79 Å². The average molecular weight is 368 g/mol. The van der Waals surface area contributed by atoms with Crippen molar-refractivity contribution in [3.8, 4) is 0 Å². The number of carbonyl (C=O) groups excluding carboxylic acids is 2. The van der Waals surface area contributed by atoms with E-state index in [2.05, 4.69) is 10.3 Å². The van der Waals surface area contributed by atoms with E-state index in [0.29, 0.717) is 15.8 Å². The fourth-order valence-corrected chi connectivity index (χ4v) is 3.30. The first-order valence-electron chi connectivity index (χ1n) is 7.92. The topological polar surface area (TPSA) is 89.3 Å². The zero-order valence-electron chi connectivity index (χ0n) is 14.2. The van der Waals surface area contributed by atoms with E-state index in [1.54, 1.807) is 31.2 Å². The number of hydrogen-bond acceptors (Lipinski definition) is 6. The minimum absolute atomic E-state index is 0.125. The lowest BCUT2D eigenvalue weighted by molar-refractivity contribution is -0.117. The molecular weight excluding hydrogens is 352 g/mol. The van der Waals surface area contributed by atoms with E-state index in [1.807, 2.05) is 18.4 Å².